The van der Waals surface area contributed by atoms with Gasteiger partial charge in [0.15, 0.2) is 5.65 Å². The highest BCUT2D eigenvalue weighted by Crippen LogP contribution is 2.36. The molecule has 0 unspecified atom stereocenters. The predicted octanol–water partition coefficient (Wildman–Crippen LogP) is 4.43. The van der Waals surface area contributed by atoms with E-state index < -0.39 is 0 Å². The first-order valence-corrected chi connectivity index (χ1v) is 13.5. The molecule has 8 nitrogen and oxygen atoms in total. The topological polar surface area (TPSA) is 69.1 Å². The summed E-state index contributed by atoms with van der Waals surface area (Å²) in [5.41, 5.74) is 10.2. The van der Waals surface area contributed by atoms with Gasteiger partial charge < -0.3 is 19.7 Å². The van der Waals surface area contributed by atoms with Crippen LogP contribution in [0.15, 0.2) is 30.6 Å². The van der Waals surface area contributed by atoms with Crippen LogP contribution in [0.4, 0.5) is 5.69 Å². The molecule has 2 saturated heterocycles. The smallest absolute Gasteiger partial charge is 0.160 e. The Morgan fingerprint density at radius 1 is 0.811 bits per heavy atom. The summed E-state index contributed by atoms with van der Waals surface area (Å²) in [7, 11) is 4.40. The highest BCUT2D eigenvalue weighted by molar-refractivity contribution is 5.96. The van der Waals surface area contributed by atoms with E-state index in [2.05, 4.69) is 93.8 Å². The number of hydrogen-bond acceptors (Lipinski definition) is 6. The molecule has 1 N–H and O–H groups in total. The van der Waals surface area contributed by atoms with Gasteiger partial charge in [-0.1, -0.05) is 0 Å². The van der Waals surface area contributed by atoms with Crippen molar-refractivity contribution < 1.29 is 0 Å². The number of likely N-dealkylation sites (N-methyl/N-ethyl adjacent to an activating group) is 1. The predicted molar refractivity (Wildman–Crippen MR) is 150 cm³/mol. The molecular weight excluding hydrogens is 460 g/mol. The van der Waals surface area contributed by atoms with E-state index in [0.29, 0.717) is 6.04 Å². The number of benzene rings is 1. The van der Waals surface area contributed by atoms with E-state index in [0.717, 1.165) is 85.7 Å². The second-order valence-corrected chi connectivity index (χ2v) is 11.1. The van der Waals surface area contributed by atoms with E-state index in [1.807, 2.05) is 6.20 Å². The number of H-pyrrole nitrogens is 1. The lowest BCUT2D eigenvalue weighted by molar-refractivity contribution is 0.212. The zero-order valence-electron chi connectivity index (χ0n) is 22.8. The van der Waals surface area contributed by atoms with E-state index in [1.165, 1.54) is 22.4 Å². The minimum atomic E-state index is 0.468. The Balaban J connectivity index is 1.33. The fourth-order valence-electron chi connectivity index (χ4n) is 6.19. The maximum Gasteiger partial charge on any atom is 0.160 e. The van der Waals surface area contributed by atoms with Gasteiger partial charge in [-0.15, -0.1) is 10.2 Å². The third-order valence-corrected chi connectivity index (χ3v) is 8.30. The van der Waals surface area contributed by atoms with Gasteiger partial charge in [-0.05, 0) is 90.1 Å². The Labute approximate surface area is 219 Å². The second-order valence-electron chi connectivity index (χ2n) is 11.1. The zero-order valence-corrected chi connectivity index (χ0v) is 22.8. The van der Waals surface area contributed by atoms with E-state index in [4.69, 9.17) is 5.10 Å². The van der Waals surface area contributed by atoms with Crippen molar-refractivity contribution in [2.45, 2.75) is 39.7 Å². The van der Waals surface area contributed by atoms with Gasteiger partial charge >= 0.3 is 0 Å². The molecule has 194 valence electrons. The molecule has 0 bridgehead atoms. The normalized spacial score (nSPS) is 18.2. The van der Waals surface area contributed by atoms with Gasteiger partial charge in [-0.3, -0.25) is 4.68 Å². The van der Waals surface area contributed by atoms with Crippen molar-refractivity contribution in [2.75, 3.05) is 58.3 Å². The minimum absolute atomic E-state index is 0.468. The highest BCUT2D eigenvalue weighted by atomic mass is 15.3. The molecule has 6 rings (SSSR count). The number of aromatic nitrogens is 5. The van der Waals surface area contributed by atoms with Crippen molar-refractivity contribution in [3.8, 4) is 22.4 Å². The number of fused-ring (bicyclic) bond motifs is 1. The summed E-state index contributed by atoms with van der Waals surface area (Å²) in [4.78, 5) is 10.8. The summed E-state index contributed by atoms with van der Waals surface area (Å²) in [5.74, 6) is 0. The average Bonchev–Trinajstić information content (AvgIpc) is 3.48. The van der Waals surface area contributed by atoms with Gasteiger partial charge in [0.25, 0.3) is 0 Å². The van der Waals surface area contributed by atoms with Crippen LogP contribution in [0.25, 0.3) is 33.4 Å². The molecule has 3 aromatic heterocycles. The SMILES string of the molecule is Cc1cc(-c2cc3c(-c4cnn(C5CCN(C)CC5)c4)c(C)[nH]c3nn2)cc(C)c1N1CCN(C)CC1. The molecular formula is C29H38N8. The average molecular weight is 499 g/mol. The van der Waals surface area contributed by atoms with Gasteiger partial charge in [-0.25, -0.2) is 0 Å². The molecule has 1 aromatic carbocycles. The van der Waals surface area contributed by atoms with E-state index in [-0.39, 0.29) is 0 Å². The van der Waals surface area contributed by atoms with Gasteiger partial charge in [-0.2, -0.15) is 5.10 Å². The zero-order chi connectivity index (χ0) is 25.7. The minimum Gasteiger partial charge on any atom is -0.369 e. The van der Waals surface area contributed by atoms with Gasteiger partial charge in [0.05, 0.1) is 17.9 Å². The van der Waals surface area contributed by atoms with E-state index in [1.54, 1.807) is 0 Å². The van der Waals surface area contributed by atoms with Crippen LogP contribution in [0.5, 0.6) is 0 Å². The summed E-state index contributed by atoms with van der Waals surface area (Å²) < 4.78 is 2.17. The fourth-order valence-corrected chi connectivity index (χ4v) is 6.19. The van der Waals surface area contributed by atoms with Crippen molar-refractivity contribution in [2.24, 2.45) is 0 Å². The van der Waals surface area contributed by atoms with Crippen LogP contribution >= 0.6 is 0 Å². The number of piperidine rings is 1. The Bertz CT molecular complexity index is 1390. The molecule has 0 saturated carbocycles. The molecule has 4 aromatic rings. The molecule has 0 atom stereocenters. The van der Waals surface area contributed by atoms with E-state index >= 15 is 0 Å². The lowest BCUT2D eigenvalue weighted by Gasteiger charge is -2.36. The second kappa shape index (κ2) is 9.58. The summed E-state index contributed by atoms with van der Waals surface area (Å²) in [6.45, 7) is 13.1. The van der Waals surface area contributed by atoms with Gasteiger partial charge in [0.2, 0.25) is 0 Å². The van der Waals surface area contributed by atoms with Crippen molar-refractivity contribution in [1.82, 2.24) is 34.8 Å². The molecule has 8 heteroatoms. The van der Waals surface area contributed by atoms with Crippen molar-refractivity contribution >= 4 is 16.7 Å². The first-order valence-electron chi connectivity index (χ1n) is 13.5. The Morgan fingerprint density at radius 2 is 1.49 bits per heavy atom. The molecule has 0 radical (unpaired) electrons. The number of aryl methyl sites for hydroxylation is 3. The number of anilines is 1. The van der Waals surface area contributed by atoms with Gasteiger partial charge in [0.1, 0.15) is 0 Å². The summed E-state index contributed by atoms with van der Waals surface area (Å²) in [6.07, 6.45) is 6.50. The summed E-state index contributed by atoms with van der Waals surface area (Å²) >= 11 is 0. The number of piperazine rings is 1. The molecule has 0 amide bonds. The highest BCUT2D eigenvalue weighted by Gasteiger charge is 2.22. The molecule has 2 aliphatic heterocycles. The number of nitrogens with zero attached hydrogens (tertiary/aromatic N) is 7. The maximum absolute atomic E-state index is 4.77. The van der Waals surface area contributed by atoms with Crippen LogP contribution in [0.2, 0.25) is 0 Å². The third kappa shape index (κ3) is 4.53. The van der Waals surface area contributed by atoms with Crippen LogP contribution < -0.4 is 4.90 Å². The maximum atomic E-state index is 4.77. The number of likely N-dealkylation sites (tertiary alicyclic amines) is 1. The number of aromatic amines is 1. The van der Waals surface area contributed by atoms with Gasteiger partial charge in [0, 0.05) is 65.8 Å². The number of rotatable bonds is 4. The molecule has 0 spiro atoms. The Hall–Kier alpha value is -3.23. The number of hydrogen-bond donors (Lipinski definition) is 1. The standard InChI is InChI=1S/C29H38N8/c1-19-14-22(15-20(2)28(19)36-12-10-35(5)11-13-36)26-16-25-27(21(3)31-29(25)33-32-26)23-17-30-37(18-23)24-6-8-34(4)9-7-24/h14-18,24H,6-13H2,1-5H3,(H,31,33). The monoisotopic (exact) mass is 498 g/mol. The lowest BCUT2D eigenvalue weighted by Crippen LogP contribution is -2.45. The molecule has 2 fully saturated rings. The molecule has 5 heterocycles. The third-order valence-electron chi connectivity index (χ3n) is 8.30. The molecule has 2 aliphatic rings. The number of nitrogens with one attached hydrogen (secondary N) is 1. The first kappa shape index (κ1) is 24.1. The van der Waals surface area contributed by atoms with Crippen LogP contribution in [0, 0.1) is 20.8 Å². The van der Waals surface area contributed by atoms with Crippen molar-refractivity contribution in [1.29, 1.82) is 0 Å². The van der Waals surface area contributed by atoms with Crippen molar-refractivity contribution in [3.05, 3.63) is 47.4 Å². The van der Waals surface area contributed by atoms with E-state index in [9.17, 15) is 0 Å². The quantitative estimate of drug-likeness (QED) is 0.449. The Morgan fingerprint density at radius 3 is 2.19 bits per heavy atom. The van der Waals surface area contributed by atoms with Crippen LogP contribution in [0.1, 0.15) is 35.7 Å². The summed E-state index contributed by atoms with van der Waals surface area (Å²) in [6, 6.07) is 7.20. The molecule has 37 heavy (non-hydrogen) atoms. The van der Waals surface area contributed by atoms with Crippen molar-refractivity contribution in [3.63, 3.8) is 0 Å². The van der Waals surface area contributed by atoms with Crippen LogP contribution in [-0.2, 0) is 0 Å². The lowest BCUT2D eigenvalue weighted by atomic mass is 9.99. The van der Waals surface area contributed by atoms with Crippen LogP contribution in [-0.4, -0.2) is 88.1 Å². The van der Waals surface area contributed by atoms with Crippen LogP contribution in [0.3, 0.4) is 0 Å². The first-order chi connectivity index (χ1) is 17.9. The summed E-state index contributed by atoms with van der Waals surface area (Å²) in [5, 5.41) is 15.1. The largest absolute Gasteiger partial charge is 0.369 e. The molecule has 0 aliphatic carbocycles. The fraction of sp³-hybridized carbons (Fsp3) is 0.483. The Kier molecular flexibility index (Phi) is 6.24.